The van der Waals surface area contributed by atoms with Gasteiger partial charge in [0.25, 0.3) is 0 Å². The largest absolute Gasteiger partial charge is 0.330 e. The molecule has 0 aliphatic heterocycles. The van der Waals surface area contributed by atoms with Gasteiger partial charge in [0.05, 0.1) is 0 Å². The Hall–Kier alpha value is -0.900. The third-order valence-corrected chi connectivity index (χ3v) is 2.06. The van der Waals surface area contributed by atoms with E-state index in [0.29, 0.717) is 0 Å². The fraction of sp³-hybridized carbons (Fsp3) is 0.778. The summed E-state index contributed by atoms with van der Waals surface area (Å²) in [5.41, 5.74) is 5.41. The summed E-state index contributed by atoms with van der Waals surface area (Å²) < 4.78 is 1.86. The predicted molar refractivity (Wildman–Crippen MR) is 52.3 cm³/mol. The van der Waals surface area contributed by atoms with Gasteiger partial charge in [-0.25, -0.2) is 4.98 Å². The van der Waals surface area contributed by atoms with Crippen LogP contribution >= 0.6 is 0 Å². The third kappa shape index (κ3) is 3.14. The Labute approximate surface area is 79.2 Å². The summed E-state index contributed by atoms with van der Waals surface area (Å²) in [6.07, 6.45) is 4.46. The number of aromatic nitrogens is 3. The zero-order chi connectivity index (χ0) is 9.68. The molecule has 0 unspecified atom stereocenters. The van der Waals surface area contributed by atoms with Gasteiger partial charge in [0.15, 0.2) is 0 Å². The van der Waals surface area contributed by atoms with E-state index in [4.69, 9.17) is 5.73 Å². The van der Waals surface area contributed by atoms with E-state index in [9.17, 15) is 0 Å². The first-order chi connectivity index (χ1) is 6.24. The van der Waals surface area contributed by atoms with Crippen molar-refractivity contribution in [3.8, 4) is 0 Å². The molecule has 0 saturated carbocycles. The minimum atomic E-state index is 0.790. The van der Waals surface area contributed by atoms with E-state index in [1.165, 1.54) is 6.42 Å². The second-order valence-electron chi connectivity index (χ2n) is 3.30. The van der Waals surface area contributed by atoms with Crippen molar-refractivity contribution < 1.29 is 0 Å². The van der Waals surface area contributed by atoms with E-state index in [1.807, 2.05) is 18.7 Å². The number of hydrogen-bond donors (Lipinski definition) is 1. The van der Waals surface area contributed by atoms with Gasteiger partial charge in [0.1, 0.15) is 11.6 Å². The Bertz CT molecular complexity index is 254. The van der Waals surface area contributed by atoms with Gasteiger partial charge in [-0.3, -0.25) is 4.68 Å². The van der Waals surface area contributed by atoms with E-state index in [0.717, 1.165) is 37.5 Å². The van der Waals surface area contributed by atoms with Crippen LogP contribution in [0.15, 0.2) is 0 Å². The number of nitrogens with two attached hydrogens (primary N) is 1. The Morgan fingerprint density at radius 2 is 2.08 bits per heavy atom. The van der Waals surface area contributed by atoms with Crippen molar-refractivity contribution in [1.29, 1.82) is 0 Å². The van der Waals surface area contributed by atoms with Crippen LogP contribution in [0.25, 0.3) is 0 Å². The van der Waals surface area contributed by atoms with Crippen LogP contribution < -0.4 is 5.73 Å². The van der Waals surface area contributed by atoms with Gasteiger partial charge in [-0.1, -0.05) is 6.42 Å². The van der Waals surface area contributed by atoms with Crippen LogP contribution in [-0.4, -0.2) is 21.3 Å². The Morgan fingerprint density at radius 3 is 2.62 bits per heavy atom. The smallest absolute Gasteiger partial charge is 0.147 e. The summed E-state index contributed by atoms with van der Waals surface area (Å²) in [4.78, 5) is 4.33. The number of unbranched alkanes of at least 4 members (excludes halogenated alkanes) is 2. The monoisotopic (exact) mass is 182 g/mol. The second-order valence-corrected chi connectivity index (χ2v) is 3.30. The highest BCUT2D eigenvalue weighted by Crippen LogP contribution is 2.03. The van der Waals surface area contributed by atoms with E-state index in [1.54, 1.807) is 0 Å². The lowest BCUT2D eigenvalue weighted by Crippen LogP contribution is -2.01. The first-order valence-corrected chi connectivity index (χ1v) is 4.80. The summed E-state index contributed by atoms with van der Waals surface area (Å²) in [5, 5.41) is 4.19. The minimum Gasteiger partial charge on any atom is -0.330 e. The molecule has 0 saturated heterocycles. The van der Waals surface area contributed by atoms with Crippen LogP contribution in [0.2, 0.25) is 0 Å². The van der Waals surface area contributed by atoms with Crippen LogP contribution in [0.1, 0.15) is 30.9 Å². The topological polar surface area (TPSA) is 56.7 Å². The molecule has 0 bridgehead atoms. The molecular formula is C9H18N4. The zero-order valence-corrected chi connectivity index (χ0v) is 8.45. The fourth-order valence-corrected chi connectivity index (χ4v) is 1.38. The fourth-order valence-electron chi connectivity index (χ4n) is 1.38. The van der Waals surface area contributed by atoms with Gasteiger partial charge in [-0.15, -0.1) is 0 Å². The molecule has 74 valence electrons. The van der Waals surface area contributed by atoms with Crippen molar-refractivity contribution in [2.24, 2.45) is 12.8 Å². The molecule has 1 heterocycles. The number of aryl methyl sites for hydroxylation is 3. The molecule has 0 aliphatic rings. The van der Waals surface area contributed by atoms with E-state index < -0.39 is 0 Å². The van der Waals surface area contributed by atoms with Crippen molar-refractivity contribution >= 4 is 0 Å². The Morgan fingerprint density at radius 1 is 1.31 bits per heavy atom. The molecule has 4 heteroatoms. The van der Waals surface area contributed by atoms with Gasteiger partial charge in [-0.05, 0) is 26.3 Å². The predicted octanol–water partition coefficient (Wildman–Crippen LogP) is 0.795. The maximum absolute atomic E-state index is 5.41. The van der Waals surface area contributed by atoms with Crippen LogP contribution in [0.4, 0.5) is 0 Å². The maximum atomic E-state index is 5.41. The average molecular weight is 182 g/mol. The Kier molecular flexibility index (Phi) is 3.89. The number of rotatable bonds is 5. The highest BCUT2D eigenvalue weighted by atomic mass is 15.3. The molecule has 0 amide bonds. The summed E-state index contributed by atoms with van der Waals surface area (Å²) in [6.45, 7) is 2.71. The number of hydrogen-bond acceptors (Lipinski definition) is 3. The first-order valence-electron chi connectivity index (χ1n) is 4.80. The zero-order valence-electron chi connectivity index (χ0n) is 8.45. The van der Waals surface area contributed by atoms with E-state index >= 15 is 0 Å². The number of nitrogens with zero attached hydrogens (tertiary/aromatic N) is 3. The molecule has 13 heavy (non-hydrogen) atoms. The molecule has 0 spiro atoms. The van der Waals surface area contributed by atoms with Crippen LogP contribution in [0, 0.1) is 6.92 Å². The summed E-state index contributed by atoms with van der Waals surface area (Å²) in [6, 6.07) is 0. The molecule has 0 aromatic carbocycles. The van der Waals surface area contributed by atoms with Crippen molar-refractivity contribution in [2.75, 3.05) is 6.54 Å². The lowest BCUT2D eigenvalue weighted by Gasteiger charge is -1.98. The lowest BCUT2D eigenvalue weighted by molar-refractivity contribution is 0.631. The van der Waals surface area contributed by atoms with Crippen molar-refractivity contribution in [3.05, 3.63) is 11.6 Å². The standard InChI is InChI=1S/C9H18N4/c1-8-11-9(13(2)12-8)6-4-3-5-7-10/h3-7,10H2,1-2H3. The van der Waals surface area contributed by atoms with Gasteiger partial charge in [-0.2, -0.15) is 5.10 Å². The molecule has 1 rings (SSSR count). The third-order valence-electron chi connectivity index (χ3n) is 2.06. The van der Waals surface area contributed by atoms with Crippen LogP contribution in [0.3, 0.4) is 0 Å². The highest BCUT2D eigenvalue weighted by molar-refractivity contribution is 4.90. The molecule has 1 aromatic heterocycles. The first kappa shape index (κ1) is 10.2. The SMILES string of the molecule is Cc1nc(CCCCCN)n(C)n1. The van der Waals surface area contributed by atoms with Crippen molar-refractivity contribution in [3.63, 3.8) is 0 Å². The van der Waals surface area contributed by atoms with Gasteiger partial charge < -0.3 is 5.73 Å². The molecular weight excluding hydrogens is 164 g/mol. The molecule has 0 aliphatic carbocycles. The second kappa shape index (κ2) is 4.97. The normalized spacial score (nSPS) is 10.7. The molecule has 1 aromatic rings. The summed E-state index contributed by atoms with van der Waals surface area (Å²) in [5.74, 6) is 1.94. The van der Waals surface area contributed by atoms with Crippen molar-refractivity contribution in [2.45, 2.75) is 32.6 Å². The minimum absolute atomic E-state index is 0.790. The van der Waals surface area contributed by atoms with E-state index in [-0.39, 0.29) is 0 Å². The molecule has 0 radical (unpaired) electrons. The Balaban J connectivity index is 2.32. The lowest BCUT2D eigenvalue weighted by atomic mass is 10.2. The van der Waals surface area contributed by atoms with Gasteiger partial charge in [0, 0.05) is 13.5 Å². The summed E-state index contributed by atoms with van der Waals surface area (Å²) in [7, 11) is 1.94. The molecule has 0 fully saturated rings. The van der Waals surface area contributed by atoms with E-state index in [2.05, 4.69) is 10.1 Å². The average Bonchev–Trinajstić information content (AvgIpc) is 2.39. The summed E-state index contributed by atoms with van der Waals surface area (Å²) >= 11 is 0. The highest BCUT2D eigenvalue weighted by Gasteiger charge is 2.02. The van der Waals surface area contributed by atoms with Crippen molar-refractivity contribution in [1.82, 2.24) is 14.8 Å². The van der Waals surface area contributed by atoms with Crippen LogP contribution in [-0.2, 0) is 13.5 Å². The quantitative estimate of drug-likeness (QED) is 0.685. The van der Waals surface area contributed by atoms with Gasteiger partial charge in [0.2, 0.25) is 0 Å². The van der Waals surface area contributed by atoms with Gasteiger partial charge >= 0.3 is 0 Å². The maximum Gasteiger partial charge on any atom is 0.147 e. The molecule has 0 atom stereocenters. The molecule has 2 N–H and O–H groups in total. The van der Waals surface area contributed by atoms with Crippen LogP contribution in [0.5, 0.6) is 0 Å². The molecule has 4 nitrogen and oxygen atoms in total.